The highest BCUT2D eigenvalue weighted by Gasteiger charge is 2.10. The largest absolute Gasteiger partial charge is 0.478 e. The minimum absolute atomic E-state index is 0.193. The fourth-order valence-corrected chi connectivity index (χ4v) is 2.67. The number of aromatic carboxylic acids is 1. The van der Waals surface area contributed by atoms with Crippen molar-refractivity contribution >= 4 is 34.3 Å². The van der Waals surface area contributed by atoms with Gasteiger partial charge in [-0.05, 0) is 36.4 Å². The number of H-pyrrole nitrogens is 1. The first-order chi connectivity index (χ1) is 12.6. The van der Waals surface area contributed by atoms with E-state index in [4.69, 9.17) is 10.8 Å². The molecule has 0 fully saturated rings. The van der Waals surface area contributed by atoms with Gasteiger partial charge in [0.2, 0.25) is 5.95 Å². The zero-order valence-corrected chi connectivity index (χ0v) is 13.5. The first-order valence-corrected chi connectivity index (χ1v) is 7.77. The lowest BCUT2D eigenvalue weighted by Crippen LogP contribution is -1.98. The first-order valence-electron chi connectivity index (χ1n) is 7.77. The van der Waals surface area contributed by atoms with Crippen molar-refractivity contribution in [3.63, 3.8) is 0 Å². The summed E-state index contributed by atoms with van der Waals surface area (Å²) in [6.45, 7) is 0. The number of aromatic nitrogens is 4. The molecule has 128 valence electrons. The number of carboxylic acids is 1. The number of hydrogen-bond acceptors (Lipinski definition) is 6. The van der Waals surface area contributed by atoms with Crippen LogP contribution in [0.1, 0.15) is 10.4 Å². The van der Waals surface area contributed by atoms with Gasteiger partial charge in [0, 0.05) is 22.8 Å². The molecule has 8 heteroatoms. The van der Waals surface area contributed by atoms with E-state index in [0.717, 1.165) is 27.8 Å². The van der Waals surface area contributed by atoms with Gasteiger partial charge in [0.15, 0.2) is 0 Å². The van der Waals surface area contributed by atoms with E-state index in [9.17, 15) is 4.79 Å². The molecule has 0 aliphatic carbocycles. The van der Waals surface area contributed by atoms with Crippen molar-refractivity contribution in [1.29, 1.82) is 0 Å². The van der Waals surface area contributed by atoms with E-state index >= 15 is 0 Å². The summed E-state index contributed by atoms with van der Waals surface area (Å²) in [4.78, 5) is 19.0. The zero-order chi connectivity index (χ0) is 18.1. The molecule has 0 saturated carbocycles. The number of nitrogens with one attached hydrogen (secondary N) is 2. The van der Waals surface area contributed by atoms with Crippen molar-refractivity contribution in [2.24, 2.45) is 0 Å². The lowest BCUT2D eigenvalue weighted by atomic mass is 10.1. The molecule has 0 spiro atoms. The van der Waals surface area contributed by atoms with Gasteiger partial charge in [-0.3, -0.25) is 5.10 Å². The van der Waals surface area contributed by atoms with Crippen LogP contribution in [0.5, 0.6) is 0 Å². The number of nitrogens with two attached hydrogens (primary N) is 1. The Morgan fingerprint density at radius 2 is 1.92 bits per heavy atom. The van der Waals surface area contributed by atoms with Gasteiger partial charge in [0.05, 0.1) is 16.8 Å². The lowest BCUT2D eigenvalue weighted by Gasteiger charge is -2.06. The molecule has 8 nitrogen and oxygen atoms in total. The number of carbonyl (C=O) groups is 1. The van der Waals surface area contributed by atoms with Crippen molar-refractivity contribution < 1.29 is 9.90 Å². The number of nitrogen functional groups attached to an aromatic ring is 1. The molecule has 0 aliphatic heterocycles. The topological polar surface area (TPSA) is 130 Å². The van der Waals surface area contributed by atoms with Gasteiger partial charge >= 0.3 is 5.97 Å². The summed E-state index contributed by atoms with van der Waals surface area (Å²) in [7, 11) is 0. The van der Waals surface area contributed by atoms with Crippen molar-refractivity contribution in [3.05, 3.63) is 60.3 Å². The zero-order valence-electron chi connectivity index (χ0n) is 13.5. The Kier molecular flexibility index (Phi) is 3.70. The second-order valence-electron chi connectivity index (χ2n) is 5.64. The summed E-state index contributed by atoms with van der Waals surface area (Å²) < 4.78 is 0. The molecule has 0 saturated heterocycles. The maximum atomic E-state index is 11.0. The maximum absolute atomic E-state index is 11.0. The fourth-order valence-electron chi connectivity index (χ4n) is 2.67. The average Bonchev–Trinajstić information content (AvgIpc) is 3.05. The number of hydrogen-bond donors (Lipinski definition) is 4. The summed E-state index contributed by atoms with van der Waals surface area (Å²) in [5.74, 6) is -0.176. The van der Waals surface area contributed by atoms with E-state index in [1.165, 1.54) is 0 Å². The Hall–Kier alpha value is -3.94. The van der Waals surface area contributed by atoms with E-state index in [1.807, 2.05) is 18.2 Å². The van der Waals surface area contributed by atoms with Crippen LogP contribution in [0.2, 0.25) is 0 Å². The highest BCUT2D eigenvalue weighted by Crippen LogP contribution is 2.29. The van der Waals surface area contributed by atoms with Crippen LogP contribution in [0.25, 0.3) is 22.2 Å². The predicted molar refractivity (Wildman–Crippen MR) is 98.2 cm³/mol. The number of rotatable bonds is 4. The van der Waals surface area contributed by atoms with Crippen molar-refractivity contribution in [3.8, 4) is 11.3 Å². The molecule has 0 radical (unpaired) electrons. The van der Waals surface area contributed by atoms with Gasteiger partial charge < -0.3 is 16.2 Å². The molecule has 0 atom stereocenters. The maximum Gasteiger partial charge on any atom is 0.335 e. The molecule has 2 heterocycles. The summed E-state index contributed by atoms with van der Waals surface area (Å²) >= 11 is 0. The average molecular weight is 346 g/mol. The molecule has 26 heavy (non-hydrogen) atoms. The Bertz CT molecular complexity index is 1100. The van der Waals surface area contributed by atoms with Gasteiger partial charge in [-0.15, -0.1) is 0 Å². The molecular weight excluding hydrogens is 332 g/mol. The third kappa shape index (κ3) is 2.91. The number of carboxylic acid groups (broad SMARTS) is 1. The highest BCUT2D eigenvalue weighted by molar-refractivity contribution is 5.96. The molecule has 0 unspecified atom stereocenters. The third-order valence-corrected chi connectivity index (χ3v) is 3.91. The minimum atomic E-state index is -0.959. The fraction of sp³-hybridized carbons (Fsp3) is 0. The van der Waals surface area contributed by atoms with Crippen molar-refractivity contribution in [2.45, 2.75) is 0 Å². The van der Waals surface area contributed by atoms with Crippen LogP contribution >= 0.6 is 0 Å². The van der Waals surface area contributed by atoms with Gasteiger partial charge in [-0.25, -0.2) is 9.78 Å². The minimum Gasteiger partial charge on any atom is -0.478 e. The Morgan fingerprint density at radius 1 is 1.12 bits per heavy atom. The van der Waals surface area contributed by atoms with Crippen LogP contribution in [0.4, 0.5) is 17.5 Å². The van der Waals surface area contributed by atoms with Crippen LogP contribution in [-0.2, 0) is 0 Å². The SMILES string of the molecule is Nc1nccc(Nc2ccc3[nH]nc(-c4ccc(C(=O)O)cc4)c3c2)n1. The summed E-state index contributed by atoms with van der Waals surface area (Å²) in [6, 6.07) is 14.1. The van der Waals surface area contributed by atoms with E-state index in [0.29, 0.717) is 5.82 Å². The number of anilines is 3. The molecule has 2 aromatic heterocycles. The Labute approximate surface area is 147 Å². The summed E-state index contributed by atoms with van der Waals surface area (Å²) in [5.41, 5.74) is 9.09. The van der Waals surface area contributed by atoms with E-state index in [1.54, 1.807) is 36.5 Å². The standard InChI is InChI=1S/C18H14N6O2/c19-18-20-8-7-15(22-18)21-12-5-6-14-13(9-12)16(24-23-14)10-1-3-11(4-2-10)17(25)26/h1-9H,(H,23,24)(H,25,26)(H3,19,20,21,22). The van der Waals surface area contributed by atoms with Gasteiger partial charge in [-0.2, -0.15) is 10.1 Å². The summed E-state index contributed by atoms with van der Waals surface area (Å²) in [5, 5.41) is 20.4. The van der Waals surface area contributed by atoms with Gasteiger partial charge in [0.25, 0.3) is 0 Å². The number of fused-ring (bicyclic) bond motifs is 1. The molecule has 5 N–H and O–H groups in total. The van der Waals surface area contributed by atoms with E-state index in [2.05, 4.69) is 25.5 Å². The van der Waals surface area contributed by atoms with Crippen LogP contribution in [0.3, 0.4) is 0 Å². The number of aromatic amines is 1. The second kappa shape index (κ2) is 6.17. The smallest absolute Gasteiger partial charge is 0.335 e. The van der Waals surface area contributed by atoms with E-state index < -0.39 is 5.97 Å². The van der Waals surface area contributed by atoms with E-state index in [-0.39, 0.29) is 11.5 Å². The Balaban J connectivity index is 1.71. The molecule has 2 aromatic carbocycles. The van der Waals surface area contributed by atoms with Crippen LogP contribution in [0.15, 0.2) is 54.7 Å². The first kappa shape index (κ1) is 15.6. The summed E-state index contributed by atoms with van der Waals surface area (Å²) in [6.07, 6.45) is 1.58. The number of benzene rings is 2. The van der Waals surface area contributed by atoms with Gasteiger partial charge in [-0.1, -0.05) is 12.1 Å². The molecule has 0 bridgehead atoms. The lowest BCUT2D eigenvalue weighted by molar-refractivity contribution is 0.0697. The van der Waals surface area contributed by atoms with Crippen LogP contribution in [-0.4, -0.2) is 31.2 Å². The van der Waals surface area contributed by atoms with Crippen molar-refractivity contribution in [2.75, 3.05) is 11.1 Å². The van der Waals surface area contributed by atoms with Crippen LogP contribution < -0.4 is 11.1 Å². The molecule has 0 aliphatic rings. The van der Waals surface area contributed by atoms with Crippen LogP contribution in [0, 0.1) is 0 Å². The quantitative estimate of drug-likeness (QED) is 0.447. The molecule has 4 aromatic rings. The molecule has 0 amide bonds. The normalized spacial score (nSPS) is 10.8. The van der Waals surface area contributed by atoms with Crippen molar-refractivity contribution in [1.82, 2.24) is 20.2 Å². The van der Waals surface area contributed by atoms with Gasteiger partial charge in [0.1, 0.15) is 5.82 Å². The monoisotopic (exact) mass is 346 g/mol. The second-order valence-corrected chi connectivity index (χ2v) is 5.64. The Morgan fingerprint density at radius 3 is 2.65 bits per heavy atom. The third-order valence-electron chi connectivity index (χ3n) is 3.91. The predicted octanol–water partition coefficient (Wildman–Crippen LogP) is 3.04. The molecular formula is C18H14N6O2. The molecule has 4 rings (SSSR count). The highest BCUT2D eigenvalue weighted by atomic mass is 16.4. The number of nitrogens with zero attached hydrogens (tertiary/aromatic N) is 3.